The van der Waals surface area contributed by atoms with Gasteiger partial charge in [0, 0.05) is 38.8 Å². The Hall–Kier alpha value is -4.42. The van der Waals surface area contributed by atoms with Gasteiger partial charge < -0.3 is 30.2 Å². The number of ether oxygens (including phenoxy) is 1. The number of carbonyl (C=O) groups excluding carboxylic acids is 4. The number of aromatic nitrogens is 3. The molecule has 0 bridgehead atoms. The summed E-state index contributed by atoms with van der Waals surface area (Å²) < 4.78 is 54.8. The third-order valence-electron chi connectivity index (χ3n) is 8.83. The summed E-state index contributed by atoms with van der Waals surface area (Å²) in [6.45, 7) is 2.25. The van der Waals surface area contributed by atoms with Crippen LogP contribution < -0.4 is 20.4 Å². The van der Waals surface area contributed by atoms with E-state index < -0.39 is 49.6 Å². The monoisotopic (exact) mass is 731 g/mol. The van der Waals surface area contributed by atoms with E-state index in [0.29, 0.717) is 44.6 Å². The molecule has 50 heavy (non-hydrogen) atoms. The summed E-state index contributed by atoms with van der Waals surface area (Å²) in [5.74, 6) is -7.31. The number of piperazine rings is 1. The summed E-state index contributed by atoms with van der Waals surface area (Å²) in [5, 5.41) is 8.91. The Bertz CT molecular complexity index is 1670. The highest BCUT2D eigenvalue weighted by molar-refractivity contribution is 7.07. The lowest BCUT2D eigenvalue weighted by Crippen LogP contribution is -2.55. The summed E-state index contributed by atoms with van der Waals surface area (Å²) in [7, 11) is 0.542. The molecule has 1 saturated carbocycles. The highest BCUT2D eigenvalue weighted by Crippen LogP contribution is 2.34. The Kier molecular flexibility index (Phi) is 12.2. The minimum Gasteiger partial charge on any atom is -0.495 e. The van der Waals surface area contributed by atoms with Crippen molar-refractivity contribution in [2.75, 3.05) is 45.7 Å². The molecule has 1 radical (unpaired) electrons. The van der Waals surface area contributed by atoms with Crippen LogP contribution in [-0.2, 0) is 21.9 Å². The van der Waals surface area contributed by atoms with Gasteiger partial charge in [-0.1, -0.05) is 42.7 Å². The SMILES string of the molecule is COc1cncc(C(F)(F)C(=O)N[Si](C(=O)Nc2ccc(C[C@@H](NC(=O)c3cnns3)C(=O)N3CCN(C)CC3)cc2F)C2CCCCC2)c1. The van der Waals surface area contributed by atoms with Gasteiger partial charge in [0.1, 0.15) is 22.5 Å². The fraction of sp³-hybridized carbons (Fsp3) is 0.469. The molecule has 2 fully saturated rings. The zero-order chi connectivity index (χ0) is 35.8. The lowest BCUT2D eigenvalue weighted by molar-refractivity contribution is -0.145. The van der Waals surface area contributed by atoms with Crippen LogP contribution in [0.5, 0.6) is 5.75 Å². The third-order valence-corrected chi connectivity index (χ3v) is 12.0. The smallest absolute Gasteiger partial charge is 0.350 e. The lowest BCUT2D eigenvalue weighted by atomic mass is 10.0. The van der Waals surface area contributed by atoms with Gasteiger partial charge in [-0.15, -0.1) is 5.10 Å². The minimum absolute atomic E-state index is 0.0407. The number of nitrogens with one attached hydrogen (secondary N) is 3. The Balaban J connectivity index is 1.31. The first-order chi connectivity index (χ1) is 24.0. The van der Waals surface area contributed by atoms with Gasteiger partial charge in [-0.3, -0.25) is 24.2 Å². The molecule has 0 unspecified atom stereocenters. The van der Waals surface area contributed by atoms with Crippen LogP contribution in [0, 0.1) is 5.82 Å². The van der Waals surface area contributed by atoms with Crippen molar-refractivity contribution in [1.82, 2.24) is 34.7 Å². The largest absolute Gasteiger partial charge is 0.495 e. The number of benzene rings is 1. The molecule has 13 nitrogen and oxygen atoms in total. The molecule has 1 saturated heterocycles. The molecule has 5 rings (SSSR count). The van der Waals surface area contributed by atoms with Gasteiger partial charge in [-0.05, 0) is 47.9 Å². The van der Waals surface area contributed by atoms with E-state index >= 15 is 13.2 Å². The van der Waals surface area contributed by atoms with E-state index in [9.17, 15) is 19.2 Å². The van der Waals surface area contributed by atoms with Crippen LogP contribution >= 0.6 is 11.5 Å². The number of hydrogen-bond donors (Lipinski definition) is 3. The van der Waals surface area contributed by atoms with Crippen molar-refractivity contribution in [1.29, 1.82) is 0 Å². The highest BCUT2D eigenvalue weighted by Gasteiger charge is 2.45. The number of pyridine rings is 1. The van der Waals surface area contributed by atoms with Crippen molar-refractivity contribution < 1.29 is 37.1 Å². The van der Waals surface area contributed by atoms with Gasteiger partial charge in [0.25, 0.3) is 20.8 Å². The van der Waals surface area contributed by atoms with Crippen LogP contribution in [0.4, 0.5) is 23.7 Å². The van der Waals surface area contributed by atoms with E-state index in [4.69, 9.17) is 4.74 Å². The first-order valence-corrected chi connectivity index (χ1v) is 18.5. The molecule has 2 aliphatic rings. The molecule has 1 aromatic carbocycles. The Labute approximate surface area is 292 Å². The van der Waals surface area contributed by atoms with Gasteiger partial charge in [0.2, 0.25) is 11.4 Å². The van der Waals surface area contributed by atoms with Crippen LogP contribution in [-0.4, -0.2) is 103 Å². The fourth-order valence-electron chi connectivity index (χ4n) is 5.93. The molecule has 4 amide bonds. The maximum atomic E-state index is 15.6. The van der Waals surface area contributed by atoms with E-state index in [0.717, 1.165) is 49.1 Å². The predicted molar refractivity (Wildman–Crippen MR) is 180 cm³/mol. The van der Waals surface area contributed by atoms with E-state index in [2.05, 4.69) is 35.1 Å². The van der Waals surface area contributed by atoms with Crippen LogP contribution in [0.2, 0.25) is 5.54 Å². The normalized spacial score (nSPS) is 16.5. The summed E-state index contributed by atoms with van der Waals surface area (Å²) >= 11 is 0.876. The summed E-state index contributed by atoms with van der Waals surface area (Å²) in [5.41, 5.74) is -1.62. The van der Waals surface area contributed by atoms with E-state index in [1.165, 1.54) is 31.6 Å². The molecule has 3 heterocycles. The maximum Gasteiger partial charge on any atom is 0.350 e. The number of likely N-dealkylation sites (N-methyl/N-ethyl adjacent to an activating group) is 1. The third kappa shape index (κ3) is 9.02. The van der Waals surface area contributed by atoms with Crippen LogP contribution in [0.25, 0.3) is 0 Å². The number of rotatable bonds is 12. The number of nitrogens with zero attached hydrogens (tertiary/aromatic N) is 5. The number of carbonyl (C=O) groups is 4. The minimum atomic E-state index is -4.01. The average Bonchev–Trinajstić information content (AvgIpc) is 3.67. The highest BCUT2D eigenvalue weighted by atomic mass is 32.1. The van der Waals surface area contributed by atoms with Gasteiger partial charge in [-0.2, -0.15) is 8.78 Å². The van der Waals surface area contributed by atoms with Crippen LogP contribution in [0.15, 0.2) is 42.9 Å². The molecular weight excluding hydrogens is 694 g/mol. The average molecular weight is 732 g/mol. The summed E-state index contributed by atoms with van der Waals surface area (Å²) in [4.78, 5) is 63.0. The van der Waals surface area contributed by atoms with E-state index in [1.54, 1.807) is 4.90 Å². The first kappa shape index (κ1) is 36.8. The first-order valence-electron chi connectivity index (χ1n) is 16.2. The summed E-state index contributed by atoms with van der Waals surface area (Å²) in [6, 6.07) is 3.95. The molecule has 1 aliphatic heterocycles. The Morgan fingerprint density at radius 2 is 1.80 bits per heavy atom. The number of hydrogen-bond acceptors (Lipinski definition) is 10. The molecular formula is C32H38F3N8O5SSi. The van der Waals surface area contributed by atoms with Crippen molar-refractivity contribution in [3.8, 4) is 5.75 Å². The van der Waals surface area contributed by atoms with Crippen LogP contribution in [0.1, 0.15) is 52.9 Å². The van der Waals surface area contributed by atoms with Crippen molar-refractivity contribution >= 4 is 49.4 Å². The second-order valence-electron chi connectivity index (χ2n) is 12.3. The molecule has 3 aromatic rings. The number of amides is 4. The lowest BCUT2D eigenvalue weighted by Gasteiger charge is -2.34. The second-order valence-corrected chi connectivity index (χ2v) is 15.4. The standard InChI is InChI=1S/C32H38F3N8O5SSi/c1-42-10-12-43(13-11-42)29(45)26(38-28(44)27-19-37-41-49-27)15-20-8-9-25(24(33)14-20)39-31(47)50(23-6-4-3-5-7-23)40-30(46)32(34,35)21-16-22(48-2)18-36-17-21/h8-9,14,16-19,23,26H,3-7,10-13,15H2,1-2H3,(H,38,44)(H,39,47)(H,40,46)/t26-/m1/s1. The van der Waals surface area contributed by atoms with Gasteiger partial charge in [0.15, 0.2) is 0 Å². The number of methoxy groups -OCH3 is 1. The molecule has 18 heteroatoms. The number of anilines is 1. The Morgan fingerprint density at radius 1 is 1.06 bits per heavy atom. The van der Waals surface area contributed by atoms with Crippen molar-refractivity contribution in [3.05, 3.63) is 64.7 Å². The second kappa shape index (κ2) is 16.5. The van der Waals surface area contributed by atoms with E-state index in [-0.39, 0.29) is 34.2 Å². The van der Waals surface area contributed by atoms with Gasteiger partial charge in [-0.25, -0.2) is 4.39 Å². The van der Waals surface area contributed by atoms with E-state index in [1.807, 2.05) is 7.05 Å². The Morgan fingerprint density at radius 3 is 2.46 bits per heavy atom. The van der Waals surface area contributed by atoms with Gasteiger partial charge >= 0.3 is 5.92 Å². The molecule has 3 N–H and O–H groups in total. The molecule has 0 spiro atoms. The number of alkyl halides is 2. The summed E-state index contributed by atoms with van der Waals surface area (Å²) in [6.07, 6.45) is 6.90. The molecule has 1 aliphatic carbocycles. The zero-order valence-corrected chi connectivity index (χ0v) is 29.4. The quantitative estimate of drug-likeness (QED) is 0.237. The van der Waals surface area contributed by atoms with Crippen molar-refractivity contribution in [2.24, 2.45) is 0 Å². The van der Waals surface area contributed by atoms with Crippen molar-refractivity contribution in [2.45, 2.75) is 56.0 Å². The number of halogens is 3. The van der Waals surface area contributed by atoms with Crippen molar-refractivity contribution in [3.63, 3.8) is 0 Å². The van der Waals surface area contributed by atoms with Gasteiger partial charge in [0.05, 0.1) is 30.8 Å². The fourth-order valence-corrected chi connectivity index (χ4v) is 8.69. The predicted octanol–water partition coefficient (Wildman–Crippen LogP) is 3.54. The topological polar surface area (TPSA) is 159 Å². The zero-order valence-electron chi connectivity index (χ0n) is 27.6. The van der Waals surface area contributed by atoms with Crippen LogP contribution in [0.3, 0.4) is 0 Å². The molecule has 2 aromatic heterocycles. The maximum absolute atomic E-state index is 15.6. The molecule has 267 valence electrons. The molecule has 1 atom stereocenters.